The molecule has 19 heavy (non-hydrogen) atoms. The number of aromatic nitrogens is 3. The third kappa shape index (κ3) is 1.80. The molecule has 2 aromatic rings. The Morgan fingerprint density at radius 1 is 1.32 bits per heavy atom. The average molecular weight is 257 g/mol. The minimum Gasteiger partial charge on any atom is -0.354 e. The van der Waals surface area contributed by atoms with Crippen LogP contribution < -0.4 is 10.2 Å². The zero-order valence-corrected chi connectivity index (χ0v) is 11.2. The molecule has 2 saturated heterocycles. The molecule has 5 nitrogen and oxygen atoms in total. The molecule has 0 aromatic carbocycles. The van der Waals surface area contributed by atoms with E-state index in [1.807, 2.05) is 23.8 Å². The first kappa shape index (κ1) is 11.2. The standard InChI is InChI=1S/C14H19N5/c1-10-6-13-14(16-3-5-19(13)17-10)18-4-2-11-7-15-8-12(11)9-18/h3,5-6,11-12,15H,2,4,7-9H2,1H3. The van der Waals surface area contributed by atoms with Crippen molar-refractivity contribution in [3.05, 3.63) is 24.2 Å². The highest BCUT2D eigenvalue weighted by atomic mass is 15.3. The van der Waals surface area contributed by atoms with Crippen molar-refractivity contribution in [1.82, 2.24) is 19.9 Å². The first-order chi connectivity index (χ1) is 9.31. The van der Waals surface area contributed by atoms with Crippen molar-refractivity contribution >= 4 is 11.3 Å². The fourth-order valence-corrected chi connectivity index (χ4v) is 3.50. The highest BCUT2D eigenvalue weighted by Gasteiger charge is 2.33. The topological polar surface area (TPSA) is 45.5 Å². The molecule has 2 aromatic heterocycles. The van der Waals surface area contributed by atoms with Crippen LogP contribution >= 0.6 is 0 Å². The Hall–Kier alpha value is -1.62. The predicted octanol–water partition coefficient (Wildman–Crippen LogP) is 1.08. The first-order valence-corrected chi connectivity index (χ1v) is 7.08. The molecule has 0 spiro atoms. The maximum atomic E-state index is 4.60. The molecular weight excluding hydrogens is 238 g/mol. The molecule has 0 aliphatic carbocycles. The maximum Gasteiger partial charge on any atom is 0.154 e. The monoisotopic (exact) mass is 257 g/mol. The number of hydrogen-bond acceptors (Lipinski definition) is 4. The normalized spacial score (nSPS) is 26.9. The van der Waals surface area contributed by atoms with Gasteiger partial charge in [0.05, 0.1) is 5.69 Å². The molecule has 2 unspecified atom stereocenters. The minimum atomic E-state index is 0.778. The Kier molecular flexibility index (Phi) is 2.48. The second-order valence-corrected chi connectivity index (χ2v) is 5.78. The van der Waals surface area contributed by atoms with E-state index in [2.05, 4.69) is 26.4 Å². The molecule has 4 heterocycles. The van der Waals surface area contributed by atoms with E-state index in [1.54, 1.807) is 0 Å². The SMILES string of the molecule is Cc1cc2c(N3CCC4CNCC4C3)nccn2n1. The Balaban J connectivity index is 1.70. The third-order valence-corrected chi connectivity index (χ3v) is 4.50. The predicted molar refractivity (Wildman–Crippen MR) is 74.4 cm³/mol. The van der Waals surface area contributed by atoms with Crippen LogP contribution in [0.1, 0.15) is 12.1 Å². The summed E-state index contributed by atoms with van der Waals surface area (Å²) in [6.45, 7) is 6.61. The van der Waals surface area contributed by atoms with Gasteiger partial charge in [0.25, 0.3) is 0 Å². The van der Waals surface area contributed by atoms with Crippen molar-refractivity contribution in [3.63, 3.8) is 0 Å². The molecule has 100 valence electrons. The van der Waals surface area contributed by atoms with Gasteiger partial charge in [-0.3, -0.25) is 0 Å². The van der Waals surface area contributed by atoms with Gasteiger partial charge in [0, 0.05) is 25.5 Å². The van der Waals surface area contributed by atoms with Gasteiger partial charge in [-0.25, -0.2) is 9.50 Å². The number of aryl methyl sites for hydroxylation is 1. The van der Waals surface area contributed by atoms with Crippen molar-refractivity contribution < 1.29 is 0 Å². The summed E-state index contributed by atoms with van der Waals surface area (Å²) in [6.07, 6.45) is 5.05. The Bertz CT molecular complexity index is 605. The lowest BCUT2D eigenvalue weighted by molar-refractivity contribution is 0.348. The molecule has 2 aliphatic heterocycles. The van der Waals surface area contributed by atoms with Crippen LogP contribution in [0, 0.1) is 18.8 Å². The number of anilines is 1. The van der Waals surface area contributed by atoms with E-state index in [0.29, 0.717) is 0 Å². The van der Waals surface area contributed by atoms with Crippen LogP contribution in [0.5, 0.6) is 0 Å². The van der Waals surface area contributed by atoms with Crippen LogP contribution in [0.25, 0.3) is 5.52 Å². The summed E-state index contributed by atoms with van der Waals surface area (Å²) in [7, 11) is 0. The lowest BCUT2D eigenvalue weighted by Gasteiger charge is -2.35. The highest BCUT2D eigenvalue weighted by Crippen LogP contribution is 2.30. The van der Waals surface area contributed by atoms with E-state index in [9.17, 15) is 0 Å². The summed E-state index contributed by atoms with van der Waals surface area (Å²) >= 11 is 0. The van der Waals surface area contributed by atoms with E-state index in [1.165, 1.54) is 13.0 Å². The molecule has 2 atom stereocenters. The molecule has 5 heteroatoms. The van der Waals surface area contributed by atoms with Crippen LogP contribution in [0.15, 0.2) is 18.5 Å². The lowest BCUT2D eigenvalue weighted by Crippen LogP contribution is -2.40. The van der Waals surface area contributed by atoms with E-state index in [0.717, 1.165) is 48.5 Å². The molecule has 1 N–H and O–H groups in total. The zero-order chi connectivity index (χ0) is 12.8. The molecule has 4 rings (SSSR count). The van der Waals surface area contributed by atoms with E-state index in [-0.39, 0.29) is 0 Å². The van der Waals surface area contributed by atoms with Gasteiger partial charge >= 0.3 is 0 Å². The molecule has 0 amide bonds. The molecule has 0 radical (unpaired) electrons. The molecule has 2 fully saturated rings. The number of nitrogens with one attached hydrogen (secondary N) is 1. The van der Waals surface area contributed by atoms with E-state index >= 15 is 0 Å². The van der Waals surface area contributed by atoms with E-state index < -0.39 is 0 Å². The Morgan fingerprint density at radius 3 is 3.16 bits per heavy atom. The molecular formula is C14H19N5. The summed E-state index contributed by atoms with van der Waals surface area (Å²) in [6, 6.07) is 2.13. The third-order valence-electron chi connectivity index (χ3n) is 4.50. The van der Waals surface area contributed by atoms with Gasteiger partial charge in [-0.15, -0.1) is 0 Å². The van der Waals surface area contributed by atoms with Crippen molar-refractivity contribution in [1.29, 1.82) is 0 Å². The van der Waals surface area contributed by atoms with E-state index in [4.69, 9.17) is 0 Å². The van der Waals surface area contributed by atoms with Crippen LogP contribution in [0.4, 0.5) is 5.82 Å². The Morgan fingerprint density at radius 2 is 2.21 bits per heavy atom. The summed E-state index contributed by atoms with van der Waals surface area (Å²) in [5.74, 6) is 2.73. The fourth-order valence-electron chi connectivity index (χ4n) is 3.50. The lowest BCUT2D eigenvalue weighted by atomic mass is 9.89. The number of piperidine rings is 1. The van der Waals surface area contributed by atoms with Crippen molar-refractivity contribution in [2.75, 3.05) is 31.1 Å². The minimum absolute atomic E-state index is 0.778. The summed E-state index contributed by atoms with van der Waals surface area (Å²) in [5.41, 5.74) is 2.18. The number of rotatable bonds is 1. The van der Waals surface area contributed by atoms with Gasteiger partial charge in [0.1, 0.15) is 5.52 Å². The van der Waals surface area contributed by atoms with Gasteiger partial charge in [-0.2, -0.15) is 5.10 Å². The summed E-state index contributed by atoms with van der Waals surface area (Å²) < 4.78 is 1.94. The van der Waals surface area contributed by atoms with Crippen molar-refractivity contribution in [2.24, 2.45) is 11.8 Å². The molecule has 0 bridgehead atoms. The van der Waals surface area contributed by atoms with Gasteiger partial charge in [-0.1, -0.05) is 0 Å². The van der Waals surface area contributed by atoms with Gasteiger partial charge in [0.2, 0.25) is 0 Å². The zero-order valence-electron chi connectivity index (χ0n) is 11.2. The second kappa shape index (κ2) is 4.20. The Labute approximate surface area is 112 Å². The number of hydrogen-bond donors (Lipinski definition) is 1. The van der Waals surface area contributed by atoms with Gasteiger partial charge < -0.3 is 10.2 Å². The number of fused-ring (bicyclic) bond motifs is 2. The first-order valence-electron chi connectivity index (χ1n) is 7.08. The van der Waals surface area contributed by atoms with Crippen LogP contribution in [0.3, 0.4) is 0 Å². The van der Waals surface area contributed by atoms with Crippen LogP contribution in [0.2, 0.25) is 0 Å². The van der Waals surface area contributed by atoms with Crippen molar-refractivity contribution in [2.45, 2.75) is 13.3 Å². The molecule has 2 aliphatic rings. The maximum absolute atomic E-state index is 4.60. The largest absolute Gasteiger partial charge is 0.354 e. The highest BCUT2D eigenvalue weighted by molar-refractivity contribution is 5.69. The quantitative estimate of drug-likeness (QED) is 0.830. The second-order valence-electron chi connectivity index (χ2n) is 5.78. The number of nitrogens with zero attached hydrogens (tertiary/aromatic N) is 4. The average Bonchev–Trinajstić information content (AvgIpc) is 3.01. The van der Waals surface area contributed by atoms with Crippen molar-refractivity contribution in [3.8, 4) is 0 Å². The van der Waals surface area contributed by atoms with Gasteiger partial charge in [0.15, 0.2) is 5.82 Å². The fraction of sp³-hybridized carbons (Fsp3) is 0.571. The molecule has 0 saturated carbocycles. The smallest absolute Gasteiger partial charge is 0.154 e. The van der Waals surface area contributed by atoms with Crippen LogP contribution in [-0.2, 0) is 0 Å². The van der Waals surface area contributed by atoms with Crippen LogP contribution in [-0.4, -0.2) is 40.8 Å². The summed E-state index contributed by atoms with van der Waals surface area (Å²) in [5, 5.41) is 7.99. The van der Waals surface area contributed by atoms with Gasteiger partial charge in [-0.05, 0) is 44.3 Å². The summed E-state index contributed by atoms with van der Waals surface area (Å²) in [4.78, 5) is 7.04.